The maximum Gasteiger partial charge on any atom is -0.0398 e. The molecule has 0 heteroatoms. The Morgan fingerprint density at radius 1 is 1.07 bits per heavy atom. The van der Waals surface area contributed by atoms with Gasteiger partial charge in [-0.25, -0.2) is 0 Å². The summed E-state index contributed by atoms with van der Waals surface area (Å²) in [6, 6.07) is 8.48. The maximum atomic E-state index is 3.56. The van der Waals surface area contributed by atoms with Crippen LogP contribution in [0.15, 0.2) is 49.1 Å². The van der Waals surface area contributed by atoms with Gasteiger partial charge in [-0.2, -0.15) is 0 Å². The van der Waals surface area contributed by atoms with Crippen LogP contribution in [0.25, 0.3) is 0 Å². The molecule has 0 fully saturated rings. The second-order valence-corrected chi connectivity index (χ2v) is 3.21. The lowest BCUT2D eigenvalue weighted by atomic mass is 10.2. The van der Waals surface area contributed by atoms with Crippen molar-refractivity contribution in [3.8, 4) is 0 Å². The van der Waals surface area contributed by atoms with E-state index in [1.807, 2.05) is 6.92 Å². The molecule has 0 heterocycles. The third-order valence-electron chi connectivity index (χ3n) is 1.57. The standard InChI is InChI=1S/C8H10.C5H8.CH4/c1-7-3-5-8(2)6-4-7;1-4-5(2)3;/h3-6H,1-2H3;4H,1-2H2,3H3;1H4. The quantitative estimate of drug-likeness (QED) is 0.564. The number of benzene rings is 1. The van der Waals surface area contributed by atoms with Crippen LogP contribution in [-0.2, 0) is 0 Å². The molecule has 0 aliphatic heterocycles. The third kappa shape index (κ3) is 8.79. The van der Waals surface area contributed by atoms with E-state index < -0.39 is 0 Å². The number of aryl methyl sites for hydroxylation is 2. The van der Waals surface area contributed by atoms with Gasteiger partial charge in [0.05, 0.1) is 0 Å². The molecular formula is C14H22. The average Bonchev–Trinajstić information content (AvgIpc) is 2.11. The van der Waals surface area contributed by atoms with Crippen LogP contribution >= 0.6 is 0 Å². The SMILES string of the molecule is C.C=CC(=C)C.Cc1ccc(C)cc1. The van der Waals surface area contributed by atoms with Gasteiger partial charge in [-0.05, 0) is 20.8 Å². The Balaban J connectivity index is 0. The fraction of sp³-hybridized carbons (Fsp3) is 0.286. The fourth-order valence-electron chi connectivity index (χ4n) is 0.637. The summed E-state index contributed by atoms with van der Waals surface area (Å²) in [4.78, 5) is 0. The molecule has 1 aromatic carbocycles. The third-order valence-corrected chi connectivity index (χ3v) is 1.57. The Labute approximate surface area is 89.0 Å². The highest BCUT2D eigenvalue weighted by Crippen LogP contribution is 1.99. The van der Waals surface area contributed by atoms with Gasteiger partial charge in [0.1, 0.15) is 0 Å². The molecule has 1 aromatic rings. The van der Waals surface area contributed by atoms with Crippen molar-refractivity contribution in [2.75, 3.05) is 0 Å². The van der Waals surface area contributed by atoms with Crippen molar-refractivity contribution in [3.63, 3.8) is 0 Å². The van der Waals surface area contributed by atoms with Crippen molar-refractivity contribution in [1.82, 2.24) is 0 Å². The Kier molecular flexibility index (Phi) is 9.01. The summed E-state index contributed by atoms with van der Waals surface area (Å²) in [6.45, 7) is 13.1. The summed E-state index contributed by atoms with van der Waals surface area (Å²) in [6.07, 6.45) is 1.72. The number of hydrogen-bond donors (Lipinski definition) is 0. The first kappa shape index (κ1) is 15.2. The first-order chi connectivity index (χ1) is 6.06. The molecule has 0 nitrogen and oxygen atoms in total. The van der Waals surface area contributed by atoms with Crippen LogP contribution in [0.4, 0.5) is 0 Å². The van der Waals surface area contributed by atoms with Gasteiger partial charge in [0.2, 0.25) is 0 Å². The highest BCUT2D eigenvalue weighted by molar-refractivity contribution is 5.19. The van der Waals surface area contributed by atoms with Gasteiger partial charge in [-0.1, -0.05) is 67.6 Å². The Hall–Kier alpha value is -1.30. The zero-order chi connectivity index (χ0) is 10.3. The van der Waals surface area contributed by atoms with E-state index in [1.54, 1.807) is 6.08 Å². The van der Waals surface area contributed by atoms with Crippen LogP contribution in [0.2, 0.25) is 0 Å². The summed E-state index contributed by atoms with van der Waals surface area (Å²) < 4.78 is 0. The topological polar surface area (TPSA) is 0 Å². The second kappa shape index (κ2) is 8.31. The van der Waals surface area contributed by atoms with Crippen LogP contribution < -0.4 is 0 Å². The molecule has 0 bridgehead atoms. The van der Waals surface area contributed by atoms with Crippen molar-refractivity contribution < 1.29 is 0 Å². The van der Waals surface area contributed by atoms with Crippen molar-refractivity contribution in [2.24, 2.45) is 0 Å². The zero-order valence-corrected chi connectivity index (χ0v) is 8.80. The predicted octanol–water partition coefficient (Wildman–Crippen LogP) is 4.69. The lowest BCUT2D eigenvalue weighted by Crippen LogP contribution is -1.70. The summed E-state index contributed by atoms with van der Waals surface area (Å²) >= 11 is 0. The van der Waals surface area contributed by atoms with E-state index in [9.17, 15) is 0 Å². The first-order valence-corrected chi connectivity index (χ1v) is 4.37. The number of rotatable bonds is 1. The molecule has 0 saturated heterocycles. The monoisotopic (exact) mass is 190 g/mol. The zero-order valence-electron chi connectivity index (χ0n) is 8.80. The summed E-state index contributed by atoms with van der Waals surface area (Å²) in [7, 11) is 0. The lowest BCUT2D eigenvalue weighted by Gasteiger charge is -1.90. The van der Waals surface area contributed by atoms with Crippen LogP contribution in [0.1, 0.15) is 25.5 Å². The van der Waals surface area contributed by atoms with Crippen molar-refractivity contribution in [3.05, 3.63) is 60.2 Å². The molecule has 0 unspecified atom stereocenters. The van der Waals surface area contributed by atoms with Crippen LogP contribution in [0, 0.1) is 13.8 Å². The van der Waals surface area contributed by atoms with E-state index in [0.29, 0.717) is 0 Å². The molecule has 0 aromatic heterocycles. The summed E-state index contributed by atoms with van der Waals surface area (Å²) in [5, 5.41) is 0. The molecule has 0 atom stereocenters. The van der Waals surface area contributed by atoms with Crippen LogP contribution in [0.3, 0.4) is 0 Å². The minimum atomic E-state index is 0. The molecule has 0 aliphatic carbocycles. The number of hydrogen-bond acceptors (Lipinski definition) is 0. The molecule has 0 spiro atoms. The van der Waals surface area contributed by atoms with Crippen LogP contribution in [-0.4, -0.2) is 0 Å². The Bertz CT molecular complexity index is 244. The Morgan fingerprint density at radius 3 is 1.43 bits per heavy atom. The fourth-order valence-corrected chi connectivity index (χ4v) is 0.637. The van der Waals surface area contributed by atoms with Gasteiger partial charge in [0.25, 0.3) is 0 Å². The molecule has 0 saturated carbocycles. The Morgan fingerprint density at radius 2 is 1.29 bits per heavy atom. The van der Waals surface area contributed by atoms with Crippen molar-refractivity contribution in [2.45, 2.75) is 28.2 Å². The van der Waals surface area contributed by atoms with E-state index in [4.69, 9.17) is 0 Å². The molecular weight excluding hydrogens is 168 g/mol. The average molecular weight is 190 g/mol. The van der Waals surface area contributed by atoms with E-state index >= 15 is 0 Å². The molecule has 1 rings (SSSR count). The van der Waals surface area contributed by atoms with Gasteiger partial charge in [-0.15, -0.1) is 0 Å². The van der Waals surface area contributed by atoms with Crippen molar-refractivity contribution in [1.29, 1.82) is 0 Å². The maximum absolute atomic E-state index is 3.56. The lowest BCUT2D eigenvalue weighted by molar-refractivity contribution is 1.40. The minimum Gasteiger partial charge on any atom is -0.0988 e. The largest absolute Gasteiger partial charge is 0.0988 e. The molecule has 14 heavy (non-hydrogen) atoms. The van der Waals surface area contributed by atoms with Crippen LogP contribution in [0.5, 0.6) is 0 Å². The minimum absolute atomic E-state index is 0. The van der Waals surface area contributed by atoms with E-state index in [0.717, 1.165) is 5.57 Å². The van der Waals surface area contributed by atoms with Gasteiger partial charge >= 0.3 is 0 Å². The smallest absolute Gasteiger partial charge is 0.0398 e. The van der Waals surface area contributed by atoms with Gasteiger partial charge in [0, 0.05) is 0 Å². The highest BCUT2D eigenvalue weighted by Gasteiger charge is 1.79. The molecule has 0 amide bonds. The van der Waals surface area contributed by atoms with Crippen molar-refractivity contribution >= 4 is 0 Å². The first-order valence-electron chi connectivity index (χ1n) is 4.37. The van der Waals surface area contributed by atoms with Gasteiger partial charge in [0.15, 0.2) is 0 Å². The second-order valence-electron chi connectivity index (χ2n) is 3.21. The molecule has 0 aliphatic rings. The predicted molar refractivity (Wildman–Crippen MR) is 67.7 cm³/mol. The normalized spacial score (nSPS) is 7.64. The van der Waals surface area contributed by atoms with E-state index in [-0.39, 0.29) is 7.43 Å². The summed E-state index contributed by atoms with van der Waals surface area (Å²) in [5.74, 6) is 0. The summed E-state index contributed by atoms with van der Waals surface area (Å²) in [5.41, 5.74) is 3.68. The molecule has 78 valence electrons. The highest BCUT2D eigenvalue weighted by atomic mass is 13.9. The molecule has 0 radical (unpaired) electrons. The molecule has 0 N–H and O–H groups in total. The van der Waals surface area contributed by atoms with E-state index in [1.165, 1.54) is 11.1 Å². The van der Waals surface area contributed by atoms with E-state index in [2.05, 4.69) is 51.3 Å². The van der Waals surface area contributed by atoms with Gasteiger partial charge in [-0.3, -0.25) is 0 Å². The van der Waals surface area contributed by atoms with Gasteiger partial charge < -0.3 is 0 Å². The number of allylic oxidation sites excluding steroid dienone is 2.